The highest BCUT2D eigenvalue weighted by Gasteiger charge is 2.34. The second-order valence-electron chi connectivity index (χ2n) is 23.6. The van der Waals surface area contributed by atoms with Crippen molar-refractivity contribution in [1.82, 2.24) is 36.1 Å². The van der Waals surface area contributed by atoms with Gasteiger partial charge < -0.3 is 45.7 Å². The van der Waals surface area contributed by atoms with Crippen molar-refractivity contribution < 1.29 is 19.1 Å². The van der Waals surface area contributed by atoms with Gasteiger partial charge in [0.1, 0.15) is 0 Å². The topological polar surface area (TPSA) is 154 Å². The number of morpholine rings is 1. The highest BCUT2D eigenvalue weighted by atomic mass is 16.5. The first-order valence-corrected chi connectivity index (χ1v) is 29.2. The van der Waals surface area contributed by atoms with Crippen molar-refractivity contribution in [3.8, 4) is 22.3 Å². The van der Waals surface area contributed by atoms with Crippen LogP contribution in [-0.4, -0.2) is 124 Å². The third-order valence-corrected chi connectivity index (χ3v) is 17.8. The maximum Gasteiger partial charge on any atom is 0.253 e. The Bertz CT molecular complexity index is 3010. The maximum absolute atomic E-state index is 14.2. The lowest BCUT2D eigenvalue weighted by atomic mass is 9.84. The number of rotatable bonds is 18. The zero-order chi connectivity index (χ0) is 56.1. The number of likely N-dealkylation sites (N-methyl/N-ethyl adjacent to an activating group) is 1. The summed E-state index contributed by atoms with van der Waals surface area (Å²) in [7, 11) is 6.40. The van der Waals surface area contributed by atoms with Gasteiger partial charge in [-0.2, -0.15) is 0 Å². The molecule has 4 aliphatic rings. The average molecular weight is 1070 g/mol. The molecule has 5 unspecified atom stereocenters. The summed E-state index contributed by atoms with van der Waals surface area (Å²) in [6, 6.07) is 29.0. The standard InChI is InChI=1S/C65H87N9O5/c1-11-74(53-14-12-13-15-53)59-35-51(33-55(45(59)7)63(76)68-37-57-41(3)31-43(5)70-65(57)78)47-18-16-46(17-19-47)38-73-28-29-79-60(39-73)61(71(8)9)49-22-20-48(21-23-49)50-32-54(44(6)58(34-50)72(10)52-24-26-66-27-25-52)62(75)67-36-56-40(2)30-42(4)69-64(56)77/h16-23,31-35,40,42,52-53,56,60-61,66H,11-15,24-30,36-39H2,1-10H3,(H,67,75)(H,68,76)(H,69,77)(H,70,78). The van der Waals surface area contributed by atoms with E-state index in [0.29, 0.717) is 41.9 Å². The molecule has 3 amide bonds. The average Bonchev–Trinajstić information content (AvgIpc) is 4.08. The van der Waals surface area contributed by atoms with E-state index >= 15 is 0 Å². The molecule has 4 fully saturated rings. The van der Waals surface area contributed by atoms with Gasteiger partial charge in [-0.05, 0) is 187 Å². The number of H-pyrrole nitrogens is 1. The molecular weight excluding hydrogens is 987 g/mol. The first-order chi connectivity index (χ1) is 38.0. The molecule has 3 aliphatic heterocycles. The Labute approximate surface area is 469 Å². The van der Waals surface area contributed by atoms with E-state index in [1.807, 2.05) is 39.0 Å². The van der Waals surface area contributed by atoms with Crippen LogP contribution >= 0.6 is 0 Å². The summed E-state index contributed by atoms with van der Waals surface area (Å²) in [6.07, 6.45) is 7.60. The van der Waals surface area contributed by atoms with Crippen molar-refractivity contribution >= 4 is 29.1 Å². The lowest BCUT2D eigenvalue weighted by Gasteiger charge is -2.39. The number of carbonyl (C=O) groups is 3. The summed E-state index contributed by atoms with van der Waals surface area (Å²) in [6.45, 7) is 20.5. The Kier molecular flexibility index (Phi) is 18.5. The van der Waals surface area contributed by atoms with Crippen molar-refractivity contribution in [3.63, 3.8) is 0 Å². The van der Waals surface area contributed by atoms with Gasteiger partial charge in [0.2, 0.25) is 5.91 Å². The number of carbonyl (C=O) groups excluding carboxylic acids is 3. The molecule has 79 heavy (non-hydrogen) atoms. The van der Waals surface area contributed by atoms with Crippen LogP contribution in [0.15, 0.2) is 83.7 Å². The second-order valence-corrected chi connectivity index (χ2v) is 23.6. The monoisotopic (exact) mass is 1070 g/mol. The van der Waals surface area contributed by atoms with Gasteiger partial charge in [0.15, 0.2) is 0 Å². The highest BCUT2D eigenvalue weighted by Crippen LogP contribution is 2.38. The minimum atomic E-state index is -0.268. The predicted octanol–water partition coefficient (Wildman–Crippen LogP) is 9.22. The second kappa shape index (κ2) is 25.4. The number of aromatic nitrogens is 1. The molecule has 5 aromatic rings. The number of piperidine rings is 2. The van der Waals surface area contributed by atoms with Gasteiger partial charge in [0.25, 0.3) is 17.4 Å². The van der Waals surface area contributed by atoms with Crippen molar-refractivity contribution in [3.05, 3.63) is 139 Å². The molecule has 4 aromatic carbocycles. The van der Waals surface area contributed by atoms with E-state index in [1.165, 1.54) is 18.4 Å². The Morgan fingerprint density at radius 2 is 1.38 bits per heavy atom. The fourth-order valence-electron chi connectivity index (χ4n) is 13.3. The highest BCUT2D eigenvalue weighted by molar-refractivity contribution is 6.00. The molecular formula is C65H87N9O5. The van der Waals surface area contributed by atoms with Gasteiger partial charge in [-0.3, -0.25) is 24.1 Å². The molecule has 9 rings (SSSR count). The molecule has 0 spiro atoms. The van der Waals surface area contributed by atoms with Gasteiger partial charge in [0, 0.05) is 98.2 Å². The van der Waals surface area contributed by atoms with Crippen molar-refractivity contribution in [2.24, 2.45) is 11.8 Å². The number of aromatic amines is 1. The van der Waals surface area contributed by atoms with Crippen LogP contribution in [-0.2, 0) is 22.6 Å². The van der Waals surface area contributed by atoms with Crippen LogP contribution in [0.3, 0.4) is 0 Å². The van der Waals surface area contributed by atoms with E-state index in [4.69, 9.17) is 4.74 Å². The summed E-state index contributed by atoms with van der Waals surface area (Å²) < 4.78 is 6.61. The van der Waals surface area contributed by atoms with E-state index < -0.39 is 0 Å². The number of nitrogens with zero attached hydrogens (tertiary/aromatic N) is 4. The Morgan fingerprint density at radius 3 is 2.00 bits per heavy atom. The van der Waals surface area contributed by atoms with E-state index in [0.717, 1.165) is 133 Å². The summed E-state index contributed by atoms with van der Waals surface area (Å²) in [5, 5.41) is 12.8. The molecule has 5 atom stereocenters. The first kappa shape index (κ1) is 57.4. The van der Waals surface area contributed by atoms with E-state index in [1.54, 1.807) is 0 Å². The van der Waals surface area contributed by atoms with Gasteiger partial charge >= 0.3 is 0 Å². The van der Waals surface area contributed by atoms with Crippen molar-refractivity contribution in [2.75, 3.05) is 76.8 Å². The summed E-state index contributed by atoms with van der Waals surface area (Å²) in [5.41, 5.74) is 13.8. The normalized spacial score (nSPS) is 20.7. The van der Waals surface area contributed by atoms with E-state index in [-0.39, 0.29) is 59.8 Å². The summed E-state index contributed by atoms with van der Waals surface area (Å²) in [5.74, 6) is -0.427. The Morgan fingerprint density at radius 1 is 0.759 bits per heavy atom. The minimum absolute atomic E-state index is 0.00166. The summed E-state index contributed by atoms with van der Waals surface area (Å²) >= 11 is 0. The van der Waals surface area contributed by atoms with Crippen molar-refractivity contribution in [1.29, 1.82) is 0 Å². The zero-order valence-corrected chi connectivity index (χ0v) is 48.7. The fraction of sp³-hybridized carbons (Fsp3) is 0.508. The zero-order valence-electron chi connectivity index (χ0n) is 48.7. The number of aryl methyl sites for hydroxylation is 2. The van der Waals surface area contributed by atoms with Gasteiger partial charge in [0.05, 0.1) is 24.7 Å². The smallest absolute Gasteiger partial charge is 0.253 e. The quantitative estimate of drug-likeness (QED) is 0.0574. The Hall–Kier alpha value is -6.32. The number of nitrogens with one attached hydrogen (secondary N) is 5. The minimum Gasteiger partial charge on any atom is -0.374 e. The molecule has 1 aliphatic carbocycles. The number of hydrogen-bond acceptors (Lipinski definition) is 10. The van der Waals surface area contributed by atoms with Crippen LogP contribution in [0.5, 0.6) is 0 Å². The number of amides is 3. The van der Waals surface area contributed by atoms with Crippen molar-refractivity contribution in [2.45, 2.75) is 137 Å². The molecule has 0 radical (unpaired) electrons. The number of hydrogen-bond donors (Lipinski definition) is 5. The van der Waals surface area contributed by atoms with Gasteiger partial charge in [-0.1, -0.05) is 68.3 Å². The van der Waals surface area contributed by atoms with Gasteiger partial charge in [-0.25, -0.2) is 0 Å². The SMILES string of the molecule is CCN(c1cc(-c2ccc(CN3CCOC(C(c4ccc(-c5cc(C(=O)NCC6C(=O)NC(C)CC6C)c(C)c(N(C)C6CCNCC6)c5)cc4)N(C)C)C3)cc2)cc(C(=O)NCc2c(C)cc(C)[nH]c2=O)c1C)C1CCCC1. The number of pyridine rings is 1. The van der Waals surface area contributed by atoms with Gasteiger partial charge in [-0.15, -0.1) is 0 Å². The molecule has 4 heterocycles. The van der Waals surface area contributed by atoms with Crippen LogP contribution in [0.4, 0.5) is 11.4 Å². The molecule has 14 heteroatoms. The Balaban J connectivity index is 0.913. The van der Waals surface area contributed by atoms with Crippen LogP contribution in [0, 0.1) is 39.5 Å². The molecule has 3 saturated heterocycles. The number of ether oxygens (including phenoxy) is 1. The maximum atomic E-state index is 14.2. The molecule has 1 saturated carbocycles. The largest absolute Gasteiger partial charge is 0.374 e. The first-order valence-electron chi connectivity index (χ1n) is 29.2. The number of anilines is 2. The van der Waals surface area contributed by atoms with Crippen LogP contribution < -0.4 is 36.6 Å². The molecule has 1 aromatic heterocycles. The fourth-order valence-corrected chi connectivity index (χ4v) is 13.3. The lowest BCUT2D eigenvalue weighted by Crippen LogP contribution is -2.50. The molecule has 422 valence electrons. The van der Waals surface area contributed by atoms with Crippen LogP contribution in [0.2, 0.25) is 0 Å². The van der Waals surface area contributed by atoms with E-state index in [2.05, 4.69) is 155 Å². The predicted molar refractivity (Wildman–Crippen MR) is 319 cm³/mol. The lowest BCUT2D eigenvalue weighted by molar-refractivity contribution is -0.129. The third kappa shape index (κ3) is 13.2. The number of benzene rings is 4. The molecule has 5 N–H and O–H groups in total. The van der Waals surface area contributed by atoms with E-state index in [9.17, 15) is 19.2 Å². The molecule has 0 bridgehead atoms. The molecule has 14 nitrogen and oxygen atoms in total. The summed E-state index contributed by atoms with van der Waals surface area (Å²) in [4.78, 5) is 66.7. The van der Waals surface area contributed by atoms with Crippen LogP contribution in [0.1, 0.15) is 132 Å². The van der Waals surface area contributed by atoms with Crippen LogP contribution in [0.25, 0.3) is 22.3 Å². The third-order valence-electron chi connectivity index (χ3n) is 17.8.